The van der Waals surface area contributed by atoms with Crippen LogP contribution in [0.5, 0.6) is 0 Å². The average molecular weight is 271 g/mol. The van der Waals surface area contributed by atoms with Crippen molar-refractivity contribution in [3.05, 3.63) is 0 Å². The van der Waals surface area contributed by atoms with E-state index in [9.17, 15) is 4.79 Å². The minimum Gasteiger partial charge on any atom is -0.353 e. The quantitative estimate of drug-likeness (QED) is 0.797. The normalized spacial score (nSPS) is 23.6. The van der Waals surface area contributed by atoms with Gasteiger partial charge in [-0.15, -0.1) is 0 Å². The maximum atomic E-state index is 12.2. The third-order valence-corrected chi connectivity index (χ3v) is 4.41. The molecule has 0 bridgehead atoms. The monoisotopic (exact) mass is 271 g/mol. The Morgan fingerprint density at radius 1 is 1.21 bits per heavy atom. The van der Waals surface area contributed by atoms with Crippen molar-refractivity contribution in [2.75, 3.05) is 0 Å². The summed E-state index contributed by atoms with van der Waals surface area (Å²) in [4.78, 5) is 12.2. The van der Waals surface area contributed by atoms with E-state index < -0.39 is 0 Å². The lowest BCUT2D eigenvalue weighted by Crippen LogP contribution is -2.63. The van der Waals surface area contributed by atoms with Crippen LogP contribution >= 0.6 is 0 Å². The molecule has 0 radical (unpaired) electrons. The van der Waals surface area contributed by atoms with Crippen LogP contribution in [0.25, 0.3) is 0 Å². The molecule has 0 aromatic rings. The Morgan fingerprint density at radius 3 is 2.00 bits per heavy atom. The Kier molecular flexibility index (Phi) is 5.02. The zero-order valence-corrected chi connectivity index (χ0v) is 13.3. The predicted octanol–water partition coefficient (Wildman–Crippen LogP) is 2.20. The van der Waals surface area contributed by atoms with E-state index >= 15 is 0 Å². The molecule has 1 amide bonds. The standard InChI is InChI=1S/C15H30N2O2/c1-7-11(8-2)13(18)16-12-9-14(3,4)17(19)15(5,6)10-12/h11-12,19H,7-10H2,1-6H3,(H,16,18)/p+1. The first-order valence-electron chi connectivity index (χ1n) is 7.46. The Balaban J connectivity index is 2.73. The van der Waals surface area contributed by atoms with E-state index in [1.165, 1.54) is 0 Å². The van der Waals surface area contributed by atoms with Crippen molar-refractivity contribution in [3.8, 4) is 0 Å². The van der Waals surface area contributed by atoms with Crippen LogP contribution in [-0.4, -0.2) is 33.3 Å². The summed E-state index contributed by atoms with van der Waals surface area (Å²) in [5.41, 5.74) is -0.402. The van der Waals surface area contributed by atoms with Gasteiger partial charge in [-0.3, -0.25) is 4.79 Å². The van der Waals surface area contributed by atoms with Gasteiger partial charge in [0.1, 0.15) is 0 Å². The fraction of sp³-hybridized carbons (Fsp3) is 0.933. The minimum absolute atomic E-state index is 0.125. The second kappa shape index (κ2) is 5.80. The highest BCUT2D eigenvalue weighted by Gasteiger charge is 2.48. The Morgan fingerprint density at radius 2 is 1.63 bits per heavy atom. The number of nitrogens with zero attached hydrogens (tertiary/aromatic N) is 1. The van der Waals surface area contributed by atoms with Crippen LogP contribution < -0.4 is 5.32 Å². The van der Waals surface area contributed by atoms with Gasteiger partial charge in [-0.2, -0.15) is 0 Å². The molecule has 0 spiro atoms. The lowest BCUT2D eigenvalue weighted by atomic mass is 9.78. The zero-order chi connectivity index (χ0) is 14.8. The molecule has 0 atom stereocenters. The molecule has 4 heteroatoms. The Labute approximate surface area is 117 Å². The fourth-order valence-corrected chi connectivity index (χ4v) is 3.36. The number of piperidine rings is 1. The topological polar surface area (TPSA) is 55.2 Å². The van der Waals surface area contributed by atoms with Crippen LogP contribution in [0.3, 0.4) is 0 Å². The van der Waals surface area contributed by atoms with E-state index in [0.717, 1.165) is 25.7 Å². The Hall–Kier alpha value is -0.610. The van der Waals surface area contributed by atoms with Crippen molar-refractivity contribution >= 4 is 5.91 Å². The van der Waals surface area contributed by atoms with Crippen LogP contribution in [0.15, 0.2) is 0 Å². The molecule has 1 saturated heterocycles. The molecule has 0 aliphatic carbocycles. The van der Waals surface area contributed by atoms with Crippen molar-refractivity contribution in [1.82, 2.24) is 10.4 Å². The molecule has 0 aromatic heterocycles. The molecule has 1 aliphatic heterocycles. The second-order valence-electron chi connectivity index (χ2n) is 7.09. The van der Waals surface area contributed by atoms with E-state index in [1.807, 2.05) is 0 Å². The van der Waals surface area contributed by atoms with Gasteiger partial charge in [0.2, 0.25) is 5.91 Å². The van der Waals surface area contributed by atoms with Gasteiger partial charge in [0.25, 0.3) is 0 Å². The number of carbonyl (C=O) groups excluding carboxylic acids is 1. The summed E-state index contributed by atoms with van der Waals surface area (Å²) in [5, 5.41) is 13.1. The third-order valence-electron chi connectivity index (χ3n) is 4.41. The lowest BCUT2D eigenvalue weighted by molar-refractivity contribution is -0.246. The van der Waals surface area contributed by atoms with E-state index in [1.54, 1.807) is 5.06 Å². The van der Waals surface area contributed by atoms with E-state index in [4.69, 9.17) is 5.21 Å². The molecule has 0 unspecified atom stereocenters. The van der Waals surface area contributed by atoms with Crippen LogP contribution in [0, 0.1) is 5.92 Å². The number of hydrogen-bond acceptors (Lipinski definition) is 2. The van der Waals surface area contributed by atoms with Gasteiger partial charge >= 0.3 is 0 Å². The minimum atomic E-state index is -0.201. The summed E-state index contributed by atoms with van der Waals surface area (Å²) in [6.07, 6.45) is 3.47. The molecule has 1 fully saturated rings. The number of rotatable bonds is 4. The van der Waals surface area contributed by atoms with Crippen LogP contribution in [0.2, 0.25) is 0 Å². The molecule has 4 nitrogen and oxygen atoms in total. The number of carbonyl (C=O) groups is 1. The van der Waals surface area contributed by atoms with E-state index in [2.05, 4.69) is 46.9 Å². The first-order chi connectivity index (χ1) is 8.64. The molecular formula is C15H31N2O2+. The average Bonchev–Trinajstić information content (AvgIpc) is 2.26. The Bertz CT molecular complexity index is 304. The van der Waals surface area contributed by atoms with Crippen LogP contribution in [0.4, 0.5) is 0 Å². The van der Waals surface area contributed by atoms with Gasteiger partial charge in [-0.05, 0) is 53.4 Å². The van der Waals surface area contributed by atoms with E-state index in [-0.39, 0.29) is 28.9 Å². The lowest BCUT2D eigenvalue weighted by Gasteiger charge is -2.48. The van der Waals surface area contributed by atoms with Crippen molar-refractivity contribution < 1.29 is 10.0 Å². The first-order valence-corrected chi connectivity index (χ1v) is 7.46. The van der Waals surface area contributed by atoms with Gasteiger partial charge in [0, 0.05) is 12.0 Å². The number of amides is 1. The summed E-state index contributed by atoms with van der Waals surface area (Å²) in [5.74, 6) is 0.306. The molecular weight excluding hydrogens is 240 g/mol. The first kappa shape index (κ1) is 16.4. The fourth-order valence-electron chi connectivity index (χ4n) is 3.36. The summed E-state index contributed by atoms with van der Waals surface area (Å²) in [6, 6.07) is 0.180. The summed E-state index contributed by atoms with van der Waals surface area (Å²) < 4.78 is 0. The van der Waals surface area contributed by atoms with Gasteiger partial charge in [0.05, 0.1) is 11.1 Å². The number of nitrogens with one attached hydrogen (secondary N) is 1. The summed E-state index contributed by atoms with van der Waals surface area (Å²) in [7, 11) is 0. The predicted molar refractivity (Wildman–Crippen MR) is 78.8 cm³/mol. The zero-order valence-electron chi connectivity index (χ0n) is 13.3. The van der Waals surface area contributed by atoms with Gasteiger partial charge < -0.3 is 10.5 Å². The highest BCUT2D eigenvalue weighted by atomic mass is 16.5. The van der Waals surface area contributed by atoms with Crippen LogP contribution in [-0.2, 0) is 4.79 Å². The third kappa shape index (κ3) is 3.69. The molecule has 19 heavy (non-hydrogen) atoms. The molecule has 1 heterocycles. The molecule has 0 aromatic carbocycles. The van der Waals surface area contributed by atoms with Gasteiger partial charge in [-0.25, -0.2) is 0 Å². The highest BCUT2D eigenvalue weighted by molar-refractivity contribution is 5.78. The van der Waals surface area contributed by atoms with Crippen molar-refractivity contribution in [3.63, 3.8) is 0 Å². The SMILES string of the molecule is CCC(CC)C(=O)NC1CC(C)(C)N([OH2+])C(C)(C)C1. The molecule has 1 aliphatic rings. The molecule has 112 valence electrons. The summed E-state index contributed by atoms with van der Waals surface area (Å²) in [6.45, 7) is 12.4. The van der Waals surface area contributed by atoms with Gasteiger partial charge in [0.15, 0.2) is 0 Å². The molecule has 0 saturated carbocycles. The van der Waals surface area contributed by atoms with Crippen molar-refractivity contribution in [1.29, 1.82) is 0 Å². The van der Waals surface area contributed by atoms with Gasteiger partial charge in [-0.1, -0.05) is 18.9 Å². The maximum Gasteiger partial charge on any atom is 0.223 e. The largest absolute Gasteiger partial charge is 0.353 e. The maximum absolute atomic E-state index is 12.2. The molecule has 3 N–H and O–H groups in total. The van der Waals surface area contributed by atoms with Crippen molar-refractivity contribution in [2.24, 2.45) is 5.92 Å². The van der Waals surface area contributed by atoms with E-state index in [0.29, 0.717) is 0 Å². The highest BCUT2D eigenvalue weighted by Crippen LogP contribution is 2.36. The summed E-state index contributed by atoms with van der Waals surface area (Å²) >= 11 is 0. The molecule has 1 rings (SSSR count). The van der Waals surface area contributed by atoms with Crippen LogP contribution in [0.1, 0.15) is 67.2 Å². The smallest absolute Gasteiger partial charge is 0.223 e. The number of hydroxylamine groups is 2. The number of hydrogen-bond donors (Lipinski definition) is 1. The van der Waals surface area contributed by atoms with Crippen molar-refractivity contribution in [2.45, 2.75) is 84.3 Å². The second-order valence-corrected chi connectivity index (χ2v) is 7.09.